The van der Waals surface area contributed by atoms with E-state index in [2.05, 4.69) is 20.6 Å². The average molecular weight is 393 g/mol. The number of carbonyl (C=O) groups is 1. The first kappa shape index (κ1) is 18.1. The SMILES string of the molecule is COc1ccc(NC(=O)CSc2nn3c(=O)c(C)nnc3s2)c(OC)c1. The molecule has 0 radical (unpaired) electrons. The van der Waals surface area contributed by atoms with Gasteiger partial charge in [0.2, 0.25) is 10.9 Å². The third kappa shape index (κ3) is 3.78. The van der Waals surface area contributed by atoms with Gasteiger partial charge in [-0.1, -0.05) is 23.1 Å². The summed E-state index contributed by atoms with van der Waals surface area (Å²) < 4.78 is 12.1. The fraction of sp³-hybridized carbons (Fsp3) is 0.267. The minimum absolute atomic E-state index is 0.121. The predicted octanol–water partition coefficient (Wildman–Crippen LogP) is 1.60. The summed E-state index contributed by atoms with van der Waals surface area (Å²) in [6.45, 7) is 1.57. The highest BCUT2D eigenvalue weighted by Crippen LogP contribution is 2.29. The number of thioether (sulfide) groups is 1. The largest absolute Gasteiger partial charge is 0.497 e. The van der Waals surface area contributed by atoms with Gasteiger partial charge in [0.05, 0.1) is 25.7 Å². The van der Waals surface area contributed by atoms with Gasteiger partial charge in [-0.05, 0) is 19.1 Å². The lowest BCUT2D eigenvalue weighted by atomic mass is 10.2. The van der Waals surface area contributed by atoms with Gasteiger partial charge in [-0.15, -0.1) is 15.3 Å². The van der Waals surface area contributed by atoms with E-state index in [0.717, 1.165) is 0 Å². The molecule has 1 aromatic carbocycles. The predicted molar refractivity (Wildman–Crippen MR) is 98.6 cm³/mol. The van der Waals surface area contributed by atoms with E-state index in [9.17, 15) is 9.59 Å². The number of hydrogen-bond donors (Lipinski definition) is 1. The summed E-state index contributed by atoms with van der Waals surface area (Å²) in [6, 6.07) is 5.12. The molecule has 0 saturated carbocycles. The summed E-state index contributed by atoms with van der Waals surface area (Å²) in [5, 5.41) is 14.6. The zero-order chi connectivity index (χ0) is 18.7. The third-order valence-corrected chi connectivity index (χ3v) is 5.37. The second-order valence-electron chi connectivity index (χ2n) is 5.06. The summed E-state index contributed by atoms with van der Waals surface area (Å²) in [5.41, 5.74) is 0.500. The maximum absolute atomic E-state index is 12.2. The molecule has 0 fully saturated rings. The van der Waals surface area contributed by atoms with Crippen molar-refractivity contribution >= 4 is 39.7 Å². The molecule has 0 bridgehead atoms. The van der Waals surface area contributed by atoms with Crippen molar-refractivity contribution in [2.24, 2.45) is 0 Å². The number of anilines is 1. The van der Waals surface area contributed by atoms with Gasteiger partial charge in [-0.3, -0.25) is 9.59 Å². The fourth-order valence-corrected chi connectivity index (χ4v) is 3.72. The van der Waals surface area contributed by atoms with E-state index in [0.29, 0.717) is 26.5 Å². The second-order valence-corrected chi connectivity index (χ2v) is 7.23. The van der Waals surface area contributed by atoms with Crippen LogP contribution in [-0.2, 0) is 4.79 Å². The van der Waals surface area contributed by atoms with E-state index in [4.69, 9.17) is 9.47 Å². The minimum Gasteiger partial charge on any atom is -0.497 e. The first-order chi connectivity index (χ1) is 12.5. The zero-order valence-electron chi connectivity index (χ0n) is 14.2. The smallest absolute Gasteiger partial charge is 0.296 e. The number of aryl methyl sites for hydroxylation is 1. The molecular formula is C15H15N5O4S2. The van der Waals surface area contributed by atoms with Crippen LogP contribution >= 0.6 is 23.1 Å². The number of nitrogens with zero attached hydrogens (tertiary/aromatic N) is 4. The van der Waals surface area contributed by atoms with E-state index in [-0.39, 0.29) is 22.9 Å². The molecule has 0 aliphatic carbocycles. The molecule has 0 unspecified atom stereocenters. The van der Waals surface area contributed by atoms with Gasteiger partial charge >= 0.3 is 0 Å². The Morgan fingerprint density at radius 1 is 1.31 bits per heavy atom. The van der Waals surface area contributed by atoms with Crippen LogP contribution in [0.1, 0.15) is 5.69 Å². The van der Waals surface area contributed by atoms with Crippen molar-refractivity contribution in [2.45, 2.75) is 11.3 Å². The van der Waals surface area contributed by atoms with Gasteiger partial charge in [0.25, 0.3) is 5.56 Å². The van der Waals surface area contributed by atoms with Crippen LogP contribution < -0.4 is 20.3 Å². The maximum Gasteiger partial charge on any atom is 0.296 e. The van der Waals surface area contributed by atoms with Gasteiger partial charge in [0, 0.05) is 6.07 Å². The van der Waals surface area contributed by atoms with E-state index in [1.165, 1.54) is 34.7 Å². The molecule has 3 aromatic rings. The minimum atomic E-state index is -0.314. The molecule has 0 aliphatic heterocycles. The first-order valence-corrected chi connectivity index (χ1v) is 9.20. The van der Waals surface area contributed by atoms with Crippen LogP contribution in [0.25, 0.3) is 4.96 Å². The lowest BCUT2D eigenvalue weighted by Gasteiger charge is -2.11. The van der Waals surface area contributed by atoms with Crippen molar-refractivity contribution in [1.29, 1.82) is 0 Å². The molecule has 11 heteroatoms. The highest BCUT2D eigenvalue weighted by atomic mass is 32.2. The standard InChI is InChI=1S/C15H15N5O4S2/c1-8-13(22)20-14(18-17-8)26-15(19-20)25-7-12(21)16-10-5-4-9(23-2)6-11(10)24-3/h4-6H,7H2,1-3H3,(H,16,21). The molecule has 26 heavy (non-hydrogen) atoms. The van der Waals surface area contributed by atoms with Crippen molar-refractivity contribution in [3.8, 4) is 11.5 Å². The molecule has 136 valence electrons. The van der Waals surface area contributed by atoms with Gasteiger partial charge in [0.15, 0.2) is 4.34 Å². The highest BCUT2D eigenvalue weighted by molar-refractivity contribution is 8.01. The van der Waals surface area contributed by atoms with Crippen LogP contribution in [0.4, 0.5) is 5.69 Å². The van der Waals surface area contributed by atoms with Gasteiger partial charge in [-0.2, -0.15) is 4.52 Å². The lowest BCUT2D eigenvalue weighted by Crippen LogP contribution is -2.19. The summed E-state index contributed by atoms with van der Waals surface area (Å²) in [4.78, 5) is 24.5. The van der Waals surface area contributed by atoms with E-state index in [1.54, 1.807) is 32.2 Å². The normalized spacial score (nSPS) is 10.7. The summed E-state index contributed by atoms with van der Waals surface area (Å²) >= 11 is 2.41. The number of fused-ring (bicyclic) bond motifs is 1. The zero-order valence-corrected chi connectivity index (χ0v) is 15.8. The Balaban J connectivity index is 1.68. The number of carbonyl (C=O) groups excluding carboxylic acids is 1. The van der Waals surface area contributed by atoms with Gasteiger partial charge < -0.3 is 14.8 Å². The monoisotopic (exact) mass is 393 g/mol. The van der Waals surface area contributed by atoms with Crippen molar-refractivity contribution in [3.63, 3.8) is 0 Å². The number of ether oxygens (including phenoxy) is 2. The molecule has 0 spiro atoms. The molecule has 9 nitrogen and oxygen atoms in total. The lowest BCUT2D eigenvalue weighted by molar-refractivity contribution is -0.113. The molecule has 1 amide bonds. The Morgan fingerprint density at radius 3 is 2.85 bits per heavy atom. The van der Waals surface area contributed by atoms with E-state index in [1.807, 2.05) is 0 Å². The van der Waals surface area contributed by atoms with Crippen LogP contribution in [-0.4, -0.2) is 45.7 Å². The molecule has 2 aromatic heterocycles. The fourth-order valence-electron chi connectivity index (χ4n) is 2.05. The molecule has 1 N–H and O–H groups in total. The van der Waals surface area contributed by atoms with Crippen LogP contribution in [0, 0.1) is 6.92 Å². The molecule has 0 atom stereocenters. The first-order valence-electron chi connectivity index (χ1n) is 7.39. The molecule has 2 heterocycles. The quantitative estimate of drug-likeness (QED) is 0.629. The molecule has 0 saturated heterocycles. The summed E-state index contributed by atoms with van der Waals surface area (Å²) in [7, 11) is 3.07. The Morgan fingerprint density at radius 2 is 2.12 bits per heavy atom. The second kappa shape index (κ2) is 7.70. The number of benzene rings is 1. The number of nitrogens with one attached hydrogen (secondary N) is 1. The number of hydrogen-bond acceptors (Lipinski definition) is 9. The third-order valence-electron chi connectivity index (χ3n) is 3.34. The molecular weight excluding hydrogens is 378 g/mol. The Bertz CT molecular complexity index is 1020. The number of amides is 1. The maximum atomic E-state index is 12.2. The van der Waals surface area contributed by atoms with Crippen molar-refractivity contribution < 1.29 is 14.3 Å². The highest BCUT2D eigenvalue weighted by Gasteiger charge is 2.13. The van der Waals surface area contributed by atoms with Crippen LogP contribution in [0.5, 0.6) is 11.5 Å². The number of rotatable bonds is 6. The van der Waals surface area contributed by atoms with Crippen molar-refractivity contribution in [3.05, 3.63) is 34.2 Å². The van der Waals surface area contributed by atoms with E-state index < -0.39 is 0 Å². The van der Waals surface area contributed by atoms with Gasteiger partial charge in [0.1, 0.15) is 17.2 Å². The van der Waals surface area contributed by atoms with Gasteiger partial charge in [-0.25, -0.2) is 0 Å². The number of methoxy groups -OCH3 is 2. The molecule has 3 rings (SSSR count). The molecule has 0 aliphatic rings. The van der Waals surface area contributed by atoms with Crippen molar-refractivity contribution in [2.75, 3.05) is 25.3 Å². The Labute approximate surface area is 156 Å². The summed E-state index contributed by atoms with van der Waals surface area (Å²) in [5.74, 6) is 1.02. The van der Waals surface area contributed by atoms with Crippen LogP contribution in [0.15, 0.2) is 27.3 Å². The van der Waals surface area contributed by atoms with Crippen molar-refractivity contribution in [1.82, 2.24) is 19.8 Å². The van der Waals surface area contributed by atoms with E-state index >= 15 is 0 Å². The number of aromatic nitrogens is 4. The van der Waals surface area contributed by atoms with Crippen LogP contribution in [0.2, 0.25) is 0 Å². The Kier molecular flexibility index (Phi) is 5.38. The summed E-state index contributed by atoms with van der Waals surface area (Å²) in [6.07, 6.45) is 0. The average Bonchev–Trinajstić information content (AvgIpc) is 3.07. The topological polar surface area (TPSA) is 108 Å². The van der Waals surface area contributed by atoms with Crippen LogP contribution in [0.3, 0.4) is 0 Å². The Hall–Kier alpha value is -2.66.